The molecular weight excluding hydrogens is 314 g/mol. The molecule has 0 aromatic heterocycles. The molecule has 2 aromatic rings. The lowest BCUT2D eigenvalue weighted by atomic mass is 10.0. The first-order valence-electron chi connectivity index (χ1n) is 8.71. The highest BCUT2D eigenvalue weighted by atomic mass is 16.5. The van der Waals surface area contributed by atoms with Gasteiger partial charge in [0.15, 0.2) is 6.10 Å². The molecule has 0 heterocycles. The number of amides is 1. The molecule has 0 aliphatic heterocycles. The van der Waals surface area contributed by atoms with Crippen molar-refractivity contribution in [1.82, 2.24) is 4.90 Å². The van der Waals surface area contributed by atoms with Gasteiger partial charge in [-0.15, -0.1) is 0 Å². The van der Waals surface area contributed by atoms with E-state index in [0.29, 0.717) is 18.2 Å². The van der Waals surface area contributed by atoms with Gasteiger partial charge in [-0.2, -0.15) is 0 Å². The Morgan fingerprint density at radius 2 is 1.68 bits per heavy atom. The van der Waals surface area contributed by atoms with Gasteiger partial charge in [0.05, 0.1) is 6.61 Å². The van der Waals surface area contributed by atoms with E-state index in [1.807, 2.05) is 54.6 Å². The highest BCUT2D eigenvalue weighted by Gasteiger charge is 2.22. The quantitative estimate of drug-likeness (QED) is 0.798. The molecule has 1 atom stereocenters. The molecular formula is C21H27NO3. The first kappa shape index (κ1) is 19.0. The fourth-order valence-electron chi connectivity index (χ4n) is 2.63. The summed E-state index contributed by atoms with van der Waals surface area (Å²) >= 11 is 0. The van der Waals surface area contributed by atoms with Crippen LogP contribution in [0.1, 0.15) is 37.8 Å². The van der Waals surface area contributed by atoms with E-state index in [1.165, 1.54) is 5.56 Å². The zero-order valence-corrected chi connectivity index (χ0v) is 15.2. The highest BCUT2D eigenvalue weighted by Crippen LogP contribution is 2.20. The molecule has 0 bridgehead atoms. The maximum absolute atomic E-state index is 12.7. The minimum absolute atomic E-state index is 0.0750. The monoisotopic (exact) mass is 341 g/mol. The lowest BCUT2D eigenvalue weighted by Crippen LogP contribution is -2.41. The second kappa shape index (κ2) is 9.23. The Labute approximate surface area is 150 Å². The van der Waals surface area contributed by atoms with Gasteiger partial charge in [-0.3, -0.25) is 4.79 Å². The molecule has 2 aromatic carbocycles. The predicted octanol–water partition coefficient (Wildman–Crippen LogP) is 3.60. The topological polar surface area (TPSA) is 49.8 Å². The summed E-state index contributed by atoms with van der Waals surface area (Å²) in [6, 6.07) is 17.6. The molecule has 0 aliphatic rings. The van der Waals surface area contributed by atoms with E-state index < -0.39 is 6.10 Å². The molecule has 4 heteroatoms. The summed E-state index contributed by atoms with van der Waals surface area (Å²) in [7, 11) is 0. The molecule has 0 radical (unpaired) electrons. The maximum Gasteiger partial charge on any atom is 0.263 e. The Bertz CT molecular complexity index is 653. The molecule has 0 fully saturated rings. The van der Waals surface area contributed by atoms with Crippen molar-refractivity contribution in [3.63, 3.8) is 0 Å². The summed E-state index contributed by atoms with van der Waals surface area (Å²) in [6.07, 6.45) is -0.611. The van der Waals surface area contributed by atoms with Gasteiger partial charge in [0, 0.05) is 13.1 Å². The van der Waals surface area contributed by atoms with Gasteiger partial charge in [-0.1, -0.05) is 56.3 Å². The van der Waals surface area contributed by atoms with Crippen LogP contribution in [0.2, 0.25) is 0 Å². The molecule has 25 heavy (non-hydrogen) atoms. The van der Waals surface area contributed by atoms with E-state index in [2.05, 4.69) is 13.8 Å². The largest absolute Gasteiger partial charge is 0.481 e. The van der Waals surface area contributed by atoms with Crippen molar-refractivity contribution in [3.8, 4) is 5.75 Å². The summed E-state index contributed by atoms with van der Waals surface area (Å²) in [4.78, 5) is 14.3. The number of benzene rings is 2. The van der Waals surface area contributed by atoms with Gasteiger partial charge in [-0.05, 0) is 36.1 Å². The molecule has 1 amide bonds. The van der Waals surface area contributed by atoms with Crippen molar-refractivity contribution in [2.45, 2.75) is 39.3 Å². The third kappa shape index (κ3) is 5.61. The number of carbonyl (C=O) groups is 1. The van der Waals surface area contributed by atoms with Crippen LogP contribution in [0, 0.1) is 0 Å². The maximum atomic E-state index is 12.7. The van der Waals surface area contributed by atoms with E-state index >= 15 is 0 Å². The van der Waals surface area contributed by atoms with Crippen LogP contribution in [0.4, 0.5) is 0 Å². The Hall–Kier alpha value is -2.33. The van der Waals surface area contributed by atoms with E-state index in [9.17, 15) is 9.90 Å². The van der Waals surface area contributed by atoms with Gasteiger partial charge in [0.25, 0.3) is 5.91 Å². The van der Waals surface area contributed by atoms with Crippen molar-refractivity contribution in [2.24, 2.45) is 0 Å². The molecule has 4 nitrogen and oxygen atoms in total. The summed E-state index contributed by atoms with van der Waals surface area (Å²) in [5, 5.41) is 9.28. The van der Waals surface area contributed by atoms with Gasteiger partial charge in [0.1, 0.15) is 5.75 Å². The number of nitrogens with zero attached hydrogens (tertiary/aromatic N) is 1. The smallest absolute Gasteiger partial charge is 0.263 e. The SMILES string of the molecule is CC(Oc1ccc(C(C)C)cc1)C(=O)N(CCO)Cc1ccccc1. The molecule has 0 saturated carbocycles. The summed E-state index contributed by atoms with van der Waals surface area (Å²) in [5.74, 6) is 0.999. The fraction of sp³-hybridized carbons (Fsp3) is 0.381. The van der Waals surface area contributed by atoms with Crippen LogP contribution in [-0.2, 0) is 11.3 Å². The minimum Gasteiger partial charge on any atom is -0.481 e. The van der Waals surface area contributed by atoms with Crippen molar-refractivity contribution in [1.29, 1.82) is 0 Å². The van der Waals surface area contributed by atoms with Crippen LogP contribution in [0.5, 0.6) is 5.75 Å². The first-order chi connectivity index (χ1) is 12.0. The van der Waals surface area contributed by atoms with E-state index in [1.54, 1.807) is 11.8 Å². The summed E-state index contributed by atoms with van der Waals surface area (Å²) in [6.45, 7) is 6.69. The third-order valence-corrected chi connectivity index (χ3v) is 4.11. The lowest BCUT2D eigenvalue weighted by molar-refractivity contribution is -0.139. The minimum atomic E-state index is -0.611. The van der Waals surface area contributed by atoms with Crippen LogP contribution in [0.25, 0.3) is 0 Å². The van der Waals surface area contributed by atoms with Crippen LogP contribution in [-0.4, -0.2) is 35.2 Å². The normalized spacial score (nSPS) is 12.0. The highest BCUT2D eigenvalue weighted by molar-refractivity contribution is 5.80. The van der Waals surface area contributed by atoms with E-state index in [0.717, 1.165) is 5.56 Å². The third-order valence-electron chi connectivity index (χ3n) is 4.11. The lowest BCUT2D eigenvalue weighted by Gasteiger charge is -2.25. The van der Waals surface area contributed by atoms with Crippen molar-refractivity contribution < 1.29 is 14.6 Å². The van der Waals surface area contributed by atoms with Crippen molar-refractivity contribution in [2.75, 3.05) is 13.2 Å². The molecule has 0 aliphatic carbocycles. The zero-order valence-electron chi connectivity index (χ0n) is 15.2. The predicted molar refractivity (Wildman–Crippen MR) is 99.6 cm³/mol. The Balaban J connectivity index is 2.02. The van der Waals surface area contributed by atoms with Crippen LogP contribution in [0.3, 0.4) is 0 Å². The van der Waals surface area contributed by atoms with Gasteiger partial charge in [-0.25, -0.2) is 0 Å². The van der Waals surface area contributed by atoms with Crippen molar-refractivity contribution >= 4 is 5.91 Å². The van der Waals surface area contributed by atoms with Crippen LogP contribution < -0.4 is 4.74 Å². The van der Waals surface area contributed by atoms with E-state index in [4.69, 9.17) is 4.74 Å². The average molecular weight is 341 g/mol. The second-order valence-corrected chi connectivity index (χ2v) is 6.45. The Morgan fingerprint density at radius 3 is 2.24 bits per heavy atom. The number of ether oxygens (including phenoxy) is 1. The average Bonchev–Trinajstić information content (AvgIpc) is 2.62. The number of aliphatic hydroxyl groups excluding tert-OH is 1. The summed E-state index contributed by atoms with van der Waals surface area (Å²) < 4.78 is 5.80. The molecule has 2 rings (SSSR count). The Morgan fingerprint density at radius 1 is 1.04 bits per heavy atom. The Kier molecular flexibility index (Phi) is 7.02. The standard InChI is InChI=1S/C21H27NO3/c1-16(2)19-9-11-20(12-10-19)25-17(3)21(24)22(13-14-23)15-18-7-5-4-6-8-18/h4-12,16-17,23H,13-15H2,1-3H3. The van der Waals surface area contributed by atoms with Gasteiger partial charge < -0.3 is 14.7 Å². The van der Waals surface area contributed by atoms with Gasteiger partial charge >= 0.3 is 0 Å². The number of rotatable bonds is 8. The fourth-order valence-corrected chi connectivity index (χ4v) is 2.63. The number of carbonyl (C=O) groups excluding carboxylic acids is 1. The molecule has 0 spiro atoms. The molecule has 1 unspecified atom stereocenters. The first-order valence-corrected chi connectivity index (χ1v) is 8.71. The molecule has 0 saturated heterocycles. The second-order valence-electron chi connectivity index (χ2n) is 6.45. The van der Waals surface area contributed by atoms with Crippen LogP contribution >= 0.6 is 0 Å². The summed E-state index contributed by atoms with van der Waals surface area (Å²) in [5.41, 5.74) is 2.26. The van der Waals surface area contributed by atoms with E-state index in [-0.39, 0.29) is 19.1 Å². The molecule has 1 N–H and O–H groups in total. The zero-order chi connectivity index (χ0) is 18.2. The van der Waals surface area contributed by atoms with Gasteiger partial charge in [0.2, 0.25) is 0 Å². The number of aliphatic hydroxyl groups is 1. The van der Waals surface area contributed by atoms with Crippen LogP contribution in [0.15, 0.2) is 54.6 Å². The number of hydrogen-bond donors (Lipinski definition) is 1. The van der Waals surface area contributed by atoms with Crippen molar-refractivity contribution in [3.05, 3.63) is 65.7 Å². The molecule has 134 valence electrons. The number of hydrogen-bond acceptors (Lipinski definition) is 3.